The number of benzene rings is 2. The van der Waals surface area contributed by atoms with Crippen LogP contribution in [0, 0.1) is 11.6 Å². The molecule has 1 aliphatic heterocycles. The van der Waals surface area contributed by atoms with E-state index in [0.717, 1.165) is 12.1 Å². The normalized spacial score (nSPS) is 14.5. The van der Waals surface area contributed by atoms with Crippen molar-refractivity contribution < 1.29 is 45.4 Å². The number of alkyl halides is 4. The van der Waals surface area contributed by atoms with Crippen LogP contribution < -0.4 is 10.1 Å². The smallest absolute Gasteiger partial charge is 0.405 e. The van der Waals surface area contributed by atoms with Gasteiger partial charge >= 0.3 is 6.36 Å². The number of carbonyl (C=O) groups excluding carboxylic acids is 2. The van der Waals surface area contributed by atoms with Gasteiger partial charge in [0.05, 0.1) is 23.1 Å². The molecular formula is C27H27F6N3O4. The van der Waals surface area contributed by atoms with Gasteiger partial charge in [0.15, 0.2) is 6.67 Å². The Morgan fingerprint density at radius 2 is 1.77 bits per heavy atom. The van der Waals surface area contributed by atoms with E-state index >= 15 is 0 Å². The number of nitrogens with one attached hydrogen (secondary N) is 1. The summed E-state index contributed by atoms with van der Waals surface area (Å²) in [5, 5.41) is 2.09. The number of halogens is 6. The van der Waals surface area contributed by atoms with Crippen LogP contribution in [0.1, 0.15) is 40.2 Å². The number of amides is 2. The van der Waals surface area contributed by atoms with Crippen molar-refractivity contribution in [2.24, 2.45) is 0 Å². The molecule has 1 N–H and O–H groups in total. The highest BCUT2D eigenvalue weighted by atomic mass is 19.4. The van der Waals surface area contributed by atoms with Crippen molar-refractivity contribution in [2.75, 3.05) is 33.5 Å². The molecule has 0 aliphatic carbocycles. The minimum absolute atomic E-state index is 0.0272. The lowest BCUT2D eigenvalue weighted by atomic mass is 9.88. The molecule has 1 aliphatic rings. The minimum Gasteiger partial charge on any atom is -0.405 e. The summed E-state index contributed by atoms with van der Waals surface area (Å²) in [6.45, 7) is -0.602. The molecule has 0 bridgehead atoms. The zero-order valence-corrected chi connectivity index (χ0v) is 21.5. The summed E-state index contributed by atoms with van der Waals surface area (Å²) in [7, 11) is 1.41. The largest absolute Gasteiger partial charge is 0.573 e. The second-order valence-electron chi connectivity index (χ2n) is 9.38. The molecule has 0 radical (unpaired) electrons. The van der Waals surface area contributed by atoms with Gasteiger partial charge in [-0.1, -0.05) is 12.1 Å². The molecule has 0 atom stereocenters. The number of nitrogens with zero attached hydrogens (tertiary/aromatic N) is 2. The van der Waals surface area contributed by atoms with E-state index in [-0.39, 0.29) is 55.2 Å². The van der Waals surface area contributed by atoms with Gasteiger partial charge in [0.1, 0.15) is 17.4 Å². The summed E-state index contributed by atoms with van der Waals surface area (Å²) in [5.41, 5.74) is 0.605. The molecule has 13 heteroatoms. The Kier molecular flexibility index (Phi) is 8.92. The van der Waals surface area contributed by atoms with Gasteiger partial charge in [-0.2, -0.15) is 0 Å². The third kappa shape index (κ3) is 6.52. The molecule has 4 rings (SSSR count). The molecule has 1 fully saturated rings. The summed E-state index contributed by atoms with van der Waals surface area (Å²) in [5.74, 6) is -3.65. The van der Waals surface area contributed by atoms with Crippen molar-refractivity contribution in [1.82, 2.24) is 14.8 Å². The topological polar surface area (TPSA) is 72.8 Å². The van der Waals surface area contributed by atoms with Crippen molar-refractivity contribution >= 4 is 22.7 Å². The monoisotopic (exact) mass is 571 g/mol. The van der Waals surface area contributed by atoms with Gasteiger partial charge in [0, 0.05) is 39.5 Å². The molecule has 216 valence electrons. The highest BCUT2D eigenvalue weighted by Crippen LogP contribution is 2.38. The molecule has 1 aromatic heterocycles. The molecule has 0 spiro atoms. The number of aromatic nitrogens is 1. The maximum atomic E-state index is 14.8. The first-order valence-corrected chi connectivity index (χ1v) is 12.5. The lowest BCUT2D eigenvalue weighted by Gasteiger charge is -2.32. The minimum atomic E-state index is -5.06. The van der Waals surface area contributed by atoms with E-state index in [1.165, 1.54) is 34.9 Å². The zero-order valence-electron chi connectivity index (χ0n) is 21.5. The molecule has 0 saturated carbocycles. The standard InChI is InChI=1S/C27H27F6N3O4/c1-39-11-10-36-15-19(24-22(40-27(31,32)33)5-4-21(30)25(24)36)26(38)35-8-6-17(7-9-35)18-12-16(2-3-20(18)29)14-34-23(37)13-28/h2-5,12,15,17H,6-11,13-14H2,1H3,(H,34,37). The Morgan fingerprint density at radius 1 is 1.07 bits per heavy atom. The van der Waals surface area contributed by atoms with Gasteiger partial charge < -0.3 is 24.3 Å². The number of piperidine rings is 1. The summed E-state index contributed by atoms with van der Waals surface area (Å²) >= 11 is 0. The molecule has 7 nitrogen and oxygen atoms in total. The quantitative estimate of drug-likeness (QED) is 0.364. The van der Waals surface area contributed by atoms with Crippen LogP contribution in [0.5, 0.6) is 5.75 Å². The average molecular weight is 572 g/mol. The number of hydrogen-bond acceptors (Lipinski definition) is 4. The van der Waals surface area contributed by atoms with Crippen molar-refractivity contribution in [1.29, 1.82) is 0 Å². The Balaban J connectivity index is 1.58. The average Bonchev–Trinajstić information content (AvgIpc) is 3.32. The lowest BCUT2D eigenvalue weighted by molar-refractivity contribution is -0.274. The number of rotatable bonds is 9. The molecule has 2 aromatic carbocycles. The van der Waals surface area contributed by atoms with Crippen LogP contribution >= 0.6 is 0 Å². The first kappa shape index (κ1) is 29.2. The fraction of sp³-hybridized carbons (Fsp3) is 0.407. The Hall–Kier alpha value is -3.74. The highest BCUT2D eigenvalue weighted by Gasteiger charge is 2.35. The van der Waals surface area contributed by atoms with E-state index in [1.54, 1.807) is 6.07 Å². The fourth-order valence-electron chi connectivity index (χ4n) is 4.94. The molecule has 2 heterocycles. The first-order valence-electron chi connectivity index (χ1n) is 12.5. The predicted molar refractivity (Wildman–Crippen MR) is 133 cm³/mol. The number of likely N-dealkylation sites (tertiary alicyclic amines) is 1. The second-order valence-corrected chi connectivity index (χ2v) is 9.38. The van der Waals surface area contributed by atoms with Crippen molar-refractivity contribution in [3.8, 4) is 5.75 Å². The van der Waals surface area contributed by atoms with Crippen molar-refractivity contribution in [3.05, 3.63) is 64.9 Å². The van der Waals surface area contributed by atoms with Crippen LogP contribution in [0.15, 0.2) is 36.5 Å². The molecule has 40 heavy (non-hydrogen) atoms. The molecule has 1 saturated heterocycles. The maximum Gasteiger partial charge on any atom is 0.573 e. The van der Waals surface area contributed by atoms with Crippen molar-refractivity contribution in [3.63, 3.8) is 0 Å². The molecule has 0 unspecified atom stereocenters. The third-order valence-electron chi connectivity index (χ3n) is 6.82. The van der Waals surface area contributed by atoms with E-state index < -0.39 is 42.2 Å². The first-order chi connectivity index (χ1) is 19.0. The van der Waals surface area contributed by atoms with Crippen LogP contribution in [-0.4, -0.2) is 61.1 Å². The van der Waals surface area contributed by atoms with Crippen LogP contribution in [0.25, 0.3) is 10.9 Å². The SMILES string of the molecule is COCCn1cc(C(=O)N2CCC(c3cc(CNC(=O)CF)ccc3F)CC2)c2c(OC(F)(F)F)ccc(F)c21. The highest BCUT2D eigenvalue weighted by molar-refractivity contribution is 6.09. The predicted octanol–water partition coefficient (Wildman–Crippen LogP) is 5.07. The van der Waals surface area contributed by atoms with Crippen LogP contribution in [-0.2, 0) is 22.6 Å². The van der Waals surface area contributed by atoms with E-state index in [1.807, 2.05) is 0 Å². The Morgan fingerprint density at radius 3 is 2.42 bits per heavy atom. The van der Waals surface area contributed by atoms with Crippen LogP contribution in [0.4, 0.5) is 26.3 Å². The van der Waals surface area contributed by atoms with Gasteiger partial charge in [-0.25, -0.2) is 13.2 Å². The van der Waals surface area contributed by atoms with Gasteiger partial charge in [-0.05, 0) is 48.1 Å². The van der Waals surface area contributed by atoms with E-state index in [0.29, 0.717) is 24.0 Å². The van der Waals surface area contributed by atoms with Gasteiger partial charge in [-0.3, -0.25) is 9.59 Å². The summed E-state index contributed by atoms with van der Waals surface area (Å²) in [6.07, 6.45) is -3.07. The third-order valence-corrected chi connectivity index (χ3v) is 6.82. The number of carbonyl (C=O) groups is 2. The second kappa shape index (κ2) is 12.2. The summed E-state index contributed by atoms with van der Waals surface area (Å²) in [4.78, 5) is 26.2. The zero-order chi connectivity index (χ0) is 29.0. The summed E-state index contributed by atoms with van der Waals surface area (Å²) < 4.78 is 91.8. The maximum absolute atomic E-state index is 14.8. The van der Waals surface area contributed by atoms with Crippen LogP contribution in [0.3, 0.4) is 0 Å². The Labute approximate surface area is 225 Å². The molecule has 2 amide bonds. The van der Waals surface area contributed by atoms with Gasteiger partial charge in [-0.15, -0.1) is 13.2 Å². The van der Waals surface area contributed by atoms with E-state index in [2.05, 4.69) is 10.1 Å². The van der Waals surface area contributed by atoms with Crippen molar-refractivity contribution in [2.45, 2.75) is 38.2 Å². The lowest BCUT2D eigenvalue weighted by Crippen LogP contribution is -2.38. The van der Waals surface area contributed by atoms with E-state index in [9.17, 15) is 35.9 Å². The Bertz CT molecular complexity index is 1380. The summed E-state index contributed by atoms with van der Waals surface area (Å²) in [6, 6.07) is 6.01. The van der Waals surface area contributed by atoms with Gasteiger partial charge in [0.2, 0.25) is 0 Å². The number of methoxy groups -OCH3 is 1. The number of hydrogen-bond donors (Lipinski definition) is 1. The number of fused-ring (bicyclic) bond motifs is 1. The molecular weight excluding hydrogens is 544 g/mol. The fourth-order valence-corrected chi connectivity index (χ4v) is 4.94. The van der Waals surface area contributed by atoms with E-state index in [4.69, 9.17) is 4.74 Å². The van der Waals surface area contributed by atoms with Crippen LogP contribution in [0.2, 0.25) is 0 Å². The van der Waals surface area contributed by atoms with Gasteiger partial charge in [0.25, 0.3) is 11.8 Å². The number of ether oxygens (including phenoxy) is 2. The molecule has 3 aromatic rings.